The van der Waals surface area contributed by atoms with E-state index in [9.17, 15) is 9.59 Å². The highest BCUT2D eigenvalue weighted by atomic mass is 35.5. The van der Waals surface area contributed by atoms with Crippen molar-refractivity contribution < 1.29 is 19.1 Å². The van der Waals surface area contributed by atoms with Gasteiger partial charge in [0.2, 0.25) is 11.7 Å². The number of ether oxygens (including phenoxy) is 2. The maximum Gasteiger partial charge on any atom is 0.244 e. The summed E-state index contributed by atoms with van der Waals surface area (Å²) < 4.78 is 10.9. The summed E-state index contributed by atoms with van der Waals surface area (Å²) in [4.78, 5) is 24.6. The van der Waals surface area contributed by atoms with Crippen LogP contribution in [-0.4, -0.2) is 31.6 Å². The van der Waals surface area contributed by atoms with Gasteiger partial charge in [-0.2, -0.15) is 5.10 Å². The molecule has 0 fully saturated rings. The maximum atomic E-state index is 12.5. The van der Waals surface area contributed by atoms with Crippen molar-refractivity contribution in [3.05, 3.63) is 58.6 Å². The summed E-state index contributed by atoms with van der Waals surface area (Å²) in [6.45, 7) is 2.71. The molecule has 0 aliphatic rings. The lowest BCUT2D eigenvalue weighted by Crippen LogP contribution is -2.21. The van der Waals surface area contributed by atoms with Gasteiger partial charge in [0.25, 0.3) is 0 Å². The van der Waals surface area contributed by atoms with E-state index in [0.29, 0.717) is 34.3 Å². The third kappa shape index (κ3) is 7.52. The van der Waals surface area contributed by atoms with Crippen LogP contribution in [0.3, 0.4) is 0 Å². The standard InChI is InChI=1S/C23H27ClN2O4/c1-3-4-5-8-13-30-22-10-7-6-9-19(22)21(27)16-25-26-23(28)15-17-14-18(29-2)11-12-20(17)24/h6-7,9-12,14,16H,3-5,8,13,15H2,1-2H3,(H,26,28)/b25-16+. The Morgan fingerprint density at radius 3 is 2.70 bits per heavy atom. The van der Waals surface area contributed by atoms with Crippen molar-refractivity contribution in [2.75, 3.05) is 13.7 Å². The number of benzene rings is 2. The third-order valence-corrected chi connectivity index (χ3v) is 4.75. The molecular formula is C23H27ClN2O4. The first-order valence-electron chi connectivity index (χ1n) is 9.95. The highest BCUT2D eigenvalue weighted by molar-refractivity contribution is 6.36. The van der Waals surface area contributed by atoms with Gasteiger partial charge in [-0.15, -0.1) is 0 Å². The van der Waals surface area contributed by atoms with E-state index in [2.05, 4.69) is 17.5 Å². The molecule has 30 heavy (non-hydrogen) atoms. The molecule has 0 aliphatic carbocycles. The van der Waals surface area contributed by atoms with E-state index in [1.165, 1.54) is 7.11 Å². The molecule has 2 aromatic carbocycles. The minimum absolute atomic E-state index is 0.0129. The first-order chi connectivity index (χ1) is 14.5. The van der Waals surface area contributed by atoms with E-state index >= 15 is 0 Å². The fourth-order valence-electron chi connectivity index (χ4n) is 2.77. The predicted octanol–water partition coefficient (Wildman–Crippen LogP) is 4.84. The van der Waals surface area contributed by atoms with Crippen molar-refractivity contribution in [2.24, 2.45) is 5.10 Å². The van der Waals surface area contributed by atoms with E-state index in [-0.39, 0.29) is 12.2 Å². The molecule has 0 saturated carbocycles. The van der Waals surface area contributed by atoms with Gasteiger partial charge in [-0.1, -0.05) is 49.9 Å². The number of Topliss-reactive ketones (excluding diaryl/α,β-unsaturated/α-hetero) is 1. The molecule has 0 radical (unpaired) electrons. The normalized spacial score (nSPS) is 10.8. The lowest BCUT2D eigenvalue weighted by atomic mass is 10.1. The number of hydrogen-bond donors (Lipinski definition) is 1. The molecule has 1 amide bonds. The summed E-state index contributed by atoms with van der Waals surface area (Å²) in [5.41, 5.74) is 3.36. The second kappa shape index (κ2) is 12.6. The van der Waals surface area contributed by atoms with Crippen LogP contribution in [0.15, 0.2) is 47.6 Å². The lowest BCUT2D eigenvalue weighted by molar-refractivity contribution is -0.120. The van der Waals surface area contributed by atoms with Crippen molar-refractivity contribution in [3.63, 3.8) is 0 Å². The quantitative estimate of drug-likeness (QED) is 0.226. The van der Waals surface area contributed by atoms with Gasteiger partial charge in [-0.25, -0.2) is 5.43 Å². The van der Waals surface area contributed by atoms with Gasteiger partial charge in [0, 0.05) is 5.02 Å². The molecule has 0 atom stereocenters. The Morgan fingerprint density at radius 2 is 1.93 bits per heavy atom. The number of amides is 1. The molecular weight excluding hydrogens is 404 g/mol. The zero-order chi connectivity index (χ0) is 21.8. The van der Waals surface area contributed by atoms with Gasteiger partial charge in [0.05, 0.1) is 31.9 Å². The van der Waals surface area contributed by atoms with Crippen LogP contribution in [0.4, 0.5) is 0 Å². The average molecular weight is 431 g/mol. The Bertz CT molecular complexity index is 883. The molecule has 0 unspecified atom stereocenters. The average Bonchev–Trinajstić information content (AvgIpc) is 2.75. The first kappa shape index (κ1) is 23.4. The van der Waals surface area contributed by atoms with Gasteiger partial charge in [-0.05, 0) is 42.3 Å². The molecule has 0 bridgehead atoms. The highest BCUT2D eigenvalue weighted by Gasteiger charge is 2.11. The number of nitrogens with zero attached hydrogens (tertiary/aromatic N) is 1. The number of carbonyl (C=O) groups is 2. The van der Waals surface area contributed by atoms with Crippen LogP contribution in [0, 0.1) is 0 Å². The Labute approximate surface area is 182 Å². The molecule has 2 aromatic rings. The van der Waals surface area contributed by atoms with Crippen LogP contribution in [0.5, 0.6) is 11.5 Å². The van der Waals surface area contributed by atoms with E-state index < -0.39 is 5.91 Å². The van der Waals surface area contributed by atoms with Gasteiger partial charge in [0.1, 0.15) is 11.5 Å². The molecule has 0 spiro atoms. The number of para-hydroxylation sites is 1. The Kier molecular flexibility index (Phi) is 9.87. The number of hydrogen-bond acceptors (Lipinski definition) is 5. The summed E-state index contributed by atoms with van der Waals surface area (Å²) in [7, 11) is 1.54. The van der Waals surface area contributed by atoms with Crippen LogP contribution >= 0.6 is 11.6 Å². The molecule has 160 valence electrons. The summed E-state index contributed by atoms with van der Waals surface area (Å²) >= 11 is 6.11. The molecule has 2 rings (SSSR count). The molecule has 0 saturated heterocycles. The number of rotatable bonds is 12. The highest BCUT2D eigenvalue weighted by Crippen LogP contribution is 2.22. The van der Waals surface area contributed by atoms with Crippen molar-refractivity contribution >= 4 is 29.5 Å². The topological polar surface area (TPSA) is 77.0 Å². The van der Waals surface area contributed by atoms with E-state index in [4.69, 9.17) is 21.1 Å². The summed E-state index contributed by atoms with van der Waals surface area (Å²) in [5, 5.41) is 4.23. The lowest BCUT2D eigenvalue weighted by Gasteiger charge is -2.09. The predicted molar refractivity (Wildman–Crippen MR) is 119 cm³/mol. The van der Waals surface area contributed by atoms with Crippen molar-refractivity contribution in [2.45, 2.75) is 39.0 Å². The molecule has 0 heterocycles. The van der Waals surface area contributed by atoms with Gasteiger partial charge in [0.15, 0.2) is 0 Å². The minimum atomic E-state index is -0.394. The first-order valence-corrected chi connectivity index (χ1v) is 10.3. The Morgan fingerprint density at radius 1 is 1.13 bits per heavy atom. The van der Waals surface area contributed by atoms with E-state index in [1.54, 1.807) is 36.4 Å². The summed E-state index contributed by atoms with van der Waals surface area (Å²) in [5.74, 6) is 0.376. The zero-order valence-electron chi connectivity index (χ0n) is 17.3. The van der Waals surface area contributed by atoms with Crippen molar-refractivity contribution in [1.29, 1.82) is 0 Å². The number of hydrazone groups is 1. The number of unbranched alkanes of at least 4 members (excludes halogenated alkanes) is 3. The second-order valence-electron chi connectivity index (χ2n) is 6.70. The Balaban J connectivity index is 1.91. The van der Waals surface area contributed by atoms with Gasteiger partial charge < -0.3 is 9.47 Å². The van der Waals surface area contributed by atoms with Crippen LogP contribution < -0.4 is 14.9 Å². The van der Waals surface area contributed by atoms with Crippen LogP contribution in [0.25, 0.3) is 0 Å². The zero-order valence-corrected chi connectivity index (χ0v) is 18.1. The van der Waals surface area contributed by atoms with Gasteiger partial charge >= 0.3 is 0 Å². The molecule has 6 nitrogen and oxygen atoms in total. The van der Waals surface area contributed by atoms with Crippen molar-refractivity contribution in [3.8, 4) is 11.5 Å². The molecule has 0 aromatic heterocycles. The number of carbonyl (C=O) groups excluding carboxylic acids is 2. The number of ketones is 1. The largest absolute Gasteiger partial charge is 0.497 e. The van der Waals surface area contributed by atoms with Gasteiger partial charge in [-0.3, -0.25) is 9.59 Å². The van der Waals surface area contributed by atoms with E-state index in [0.717, 1.165) is 31.9 Å². The number of methoxy groups -OCH3 is 1. The van der Waals surface area contributed by atoms with Crippen LogP contribution in [0.1, 0.15) is 48.5 Å². The maximum absolute atomic E-state index is 12.5. The Hall–Kier alpha value is -2.86. The fourth-order valence-corrected chi connectivity index (χ4v) is 2.95. The summed E-state index contributed by atoms with van der Waals surface area (Å²) in [6.07, 6.45) is 5.44. The SMILES string of the molecule is CCCCCCOc1ccccc1C(=O)/C=N/NC(=O)Cc1cc(OC)ccc1Cl. The number of halogens is 1. The second-order valence-corrected chi connectivity index (χ2v) is 7.10. The molecule has 7 heteroatoms. The third-order valence-electron chi connectivity index (χ3n) is 4.38. The minimum Gasteiger partial charge on any atom is -0.497 e. The molecule has 1 N–H and O–H groups in total. The summed E-state index contributed by atoms with van der Waals surface area (Å²) in [6, 6.07) is 12.1. The smallest absolute Gasteiger partial charge is 0.244 e. The fraction of sp³-hybridized carbons (Fsp3) is 0.348. The van der Waals surface area contributed by atoms with Crippen molar-refractivity contribution in [1.82, 2.24) is 5.43 Å². The molecule has 0 aliphatic heterocycles. The van der Waals surface area contributed by atoms with E-state index in [1.807, 2.05) is 6.07 Å². The van der Waals surface area contributed by atoms with Crippen LogP contribution in [-0.2, 0) is 11.2 Å². The monoisotopic (exact) mass is 430 g/mol. The van der Waals surface area contributed by atoms with Crippen LogP contribution in [0.2, 0.25) is 5.02 Å². The number of nitrogens with one attached hydrogen (secondary N) is 1.